The van der Waals surface area contributed by atoms with E-state index in [1.807, 2.05) is 6.07 Å². The molecule has 1 N–H and O–H groups in total. The highest BCUT2D eigenvalue weighted by Crippen LogP contribution is 2.30. The maximum Gasteiger partial charge on any atom is 0.335 e. The van der Waals surface area contributed by atoms with E-state index in [1.54, 1.807) is 12.1 Å². The van der Waals surface area contributed by atoms with Crippen LogP contribution in [0.2, 0.25) is 0 Å². The predicted molar refractivity (Wildman–Crippen MR) is 71.7 cm³/mol. The Balaban J connectivity index is 2.19. The van der Waals surface area contributed by atoms with Crippen molar-refractivity contribution in [3.05, 3.63) is 28.2 Å². The molecule has 0 radical (unpaired) electrons. The van der Waals surface area contributed by atoms with E-state index in [-0.39, 0.29) is 0 Å². The van der Waals surface area contributed by atoms with Crippen LogP contribution in [-0.4, -0.2) is 24.2 Å². The number of anilines is 1. The number of aromatic carboxylic acids is 1. The van der Waals surface area contributed by atoms with Gasteiger partial charge < -0.3 is 10.0 Å². The predicted octanol–water partition coefficient (Wildman–Crippen LogP) is 3.38. The first kappa shape index (κ1) is 12.4. The second-order valence-corrected chi connectivity index (χ2v) is 5.50. The lowest BCUT2D eigenvalue weighted by atomic mass is 9.99. The van der Waals surface area contributed by atoms with Crippen molar-refractivity contribution in [2.45, 2.75) is 19.8 Å². The van der Waals surface area contributed by atoms with Crippen molar-refractivity contribution in [1.82, 2.24) is 0 Å². The molecule has 0 spiro atoms. The van der Waals surface area contributed by atoms with Crippen LogP contribution in [0.15, 0.2) is 22.7 Å². The lowest BCUT2D eigenvalue weighted by Crippen LogP contribution is -2.33. The maximum atomic E-state index is 10.8. The molecular formula is C13H16BrNO2. The van der Waals surface area contributed by atoms with Gasteiger partial charge in [-0.1, -0.05) is 6.92 Å². The Labute approximate surface area is 110 Å². The molecule has 0 aromatic heterocycles. The Hall–Kier alpha value is -1.03. The van der Waals surface area contributed by atoms with Crippen molar-refractivity contribution < 1.29 is 9.90 Å². The summed E-state index contributed by atoms with van der Waals surface area (Å²) in [4.78, 5) is 13.2. The van der Waals surface area contributed by atoms with E-state index in [0.717, 1.165) is 29.2 Å². The van der Waals surface area contributed by atoms with Gasteiger partial charge in [0.25, 0.3) is 0 Å². The summed E-state index contributed by atoms with van der Waals surface area (Å²) in [5, 5.41) is 8.91. The molecule has 0 amide bonds. The average Bonchev–Trinajstić information content (AvgIpc) is 2.30. The van der Waals surface area contributed by atoms with Gasteiger partial charge in [-0.05, 0) is 52.9 Å². The van der Waals surface area contributed by atoms with Crippen molar-refractivity contribution in [3.8, 4) is 0 Å². The van der Waals surface area contributed by atoms with Gasteiger partial charge in [-0.3, -0.25) is 0 Å². The fraction of sp³-hybridized carbons (Fsp3) is 0.462. The average molecular weight is 298 g/mol. The van der Waals surface area contributed by atoms with Crippen molar-refractivity contribution >= 4 is 27.6 Å². The van der Waals surface area contributed by atoms with Gasteiger partial charge >= 0.3 is 5.97 Å². The van der Waals surface area contributed by atoms with Crippen LogP contribution >= 0.6 is 15.9 Å². The fourth-order valence-electron chi connectivity index (χ4n) is 2.15. The summed E-state index contributed by atoms with van der Waals surface area (Å²) in [6, 6.07) is 5.24. The molecule has 1 aliphatic rings. The number of carbonyl (C=O) groups is 1. The monoisotopic (exact) mass is 297 g/mol. The summed E-state index contributed by atoms with van der Waals surface area (Å²) in [5.41, 5.74) is 1.42. The first-order valence-corrected chi connectivity index (χ1v) is 6.65. The van der Waals surface area contributed by atoms with Gasteiger partial charge in [-0.25, -0.2) is 4.79 Å². The van der Waals surface area contributed by atoms with Crippen LogP contribution in [0.1, 0.15) is 30.1 Å². The molecule has 1 aromatic carbocycles. The molecule has 1 saturated heterocycles. The number of hydrogen-bond acceptors (Lipinski definition) is 2. The molecule has 0 aliphatic carbocycles. The van der Waals surface area contributed by atoms with E-state index >= 15 is 0 Å². The minimum atomic E-state index is -0.885. The summed E-state index contributed by atoms with van der Waals surface area (Å²) in [7, 11) is 0. The zero-order chi connectivity index (χ0) is 12.4. The Morgan fingerprint density at radius 3 is 2.59 bits per heavy atom. The largest absolute Gasteiger partial charge is 0.478 e. The molecule has 1 aliphatic heterocycles. The Kier molecular flexibility index (Phi) is 3.72. The molecule has 17 heavy (non-hydrogen) atoms. The molecule has 2 rings (SSSR count). The van der Waals surface area contributed by atoms with Crippen molar-refractivity contribution in [2.24, 2.45) is 5.92 Å². The molecule has 0 saturated carbocycles. The number of carboxylic acid groups (broad SMARTS) is 1. The molecule has 0 unspecified atom stereocenters. The van der Waals surface area contributed by atoms with Crippen LogP contribution in [-0.2, 0) is 0 Å². The van der Waals surface area contributed by atoms with Crippen LogP contribution < -0.4 is 4.90 Å². The molecule has 1 heterocycles. The van der Waals surface area contributed by atoms with E-state index in [2.05, 4.69) is 27.8 Å². The van der Waals surface area contributed by atoms with Gasteiger partial charge in [0.15, 0.2) is 0 Å². The molecular weight excluding hydrogens is 282 g/mol. The third kappa shape index (κ3) is 2.80. The molecule has 0 atom stereocenters. The highest BCUT2D eigenvalue weighted by atomic mass is 79.9. The summed E-state index contributed by atoms with van der Waals surface area (Å²) < 4.78 is 0.868. The van der Waals surface area contributed by atoms with Gasteiger partial charge in [0.2, 0.25) is 0 Å². The molecule has 1 fully saturated rings. The van der Waals surface area contributed by atoms with Crippen molar-refractivity contribution in [1.29, 1.82) is 0 Å². The van der Waals surface area contributed by atoms with Gasteiger partial charge in [0.05, 0.1) is 11.3 Å². The van der Waals surface area contributed by atoms with E-state index in [0.29, 0.717) is 5.56 Å². The fourth-order valence-corrected chi connectivity index (χ4v) is 2.78. The SMILES string of the molecule is CC1CCN(c2ccc(C(=O)O)cc2Br)CC1. The minimum absolute atomic E-state index is 0.325. The van der Waals surface area contributed by atoms with E-state index in [9.17, 15) is 4.79 Å². The van der Waals surface area contributed by atoms with E-state index < -0.39 is 5.97 Å². The highest BCUT2D eigenvalue weighted by molar-refractivity contribution is 9.10. The second kappa shape index (κ2) is 5.08. The zero-order valence-electron chi connectivity index (χ0n) is 9.82. The van der Waals surface area contributed by atoms with Crippen LogP contribution in [0.5, 0.6) is 0 Å². The second-order valence-electron chi connectivity index (χ2n) is 4.64. The van der Waals surface area contributed by atoms with E-state index in [4.69, 9.17) is 5.11 Å². The Morgan fingerprint density at radius 2 is 2.06 bits per heavy atom. The molecule has 4 heteroatoms. The third-order valence-electron chi connectivity index (χ3n) is 3.32. The first-order valence-electron chi connectivity index (χ1n) is 5.85. The number of piperidine rings is 1. The van der Waals surface area contributed by atoms with Crippen LogP contribution in [0.25, 0.3) is 0 Å². The third-order valence-corrected chi connectivity index (χ3v) is 3.95. The highest BCUT2D eigenvalue weighted by Gasteiger charge is 2.18. The van der Waals surface area contributed by atoms with Crippen LogP contribution in [0.3, 0.4) is 0 Å². The number of carboxylic acids is 1. The summed E-state index contributed by atoms with van der Waals surface area (Å²) in [6.45, 7) is 4.37. The first-order chi connectivity index (χ1) is 8.08. The van der Waals surface area contributed by atoms with Crippen LogP contribution in [0.4, 0.5) is 5.69 Å². The normalized spacial score (nSPS) is 17.2. The number of halogens is 1. The molecule has 92 valence electrons. The summed E-state index contributed by atoms with van der Waals surface area (Å²) in [6.07, 6.45) is 2.40. The Morgan fingerprint density at radius 1 is 1.41 bits per heavy atom. The lowest BCUT2D eigenvalue weighted by molar-refractivity contribution is 0.0697. The molecule has 0 bridgehead atoms. The number of hydrogen-bond donors (Lipinski definition) is 1. The van der Waals surface area contributed by atoms with Crippen LogP contribution in [0, 0.1) is 5.92 Å². The van der Waals surface area contributed by atoms with Gasteiger partial charge in [0, 0.05) is 17.6 Å². The number of benzene rings is 1. The minimum Gasteiger partial charge on any atom is -0.478 e. The Bertz CT molecular complexity index is 425. The zero-order valence-corrected chi connectivity index (χ0v) is 11.4. The molecule has 3 nitrogen and oxygen atoms in total. The van der Waals surface area contributed by atoms with Gasteiger partial charge in [0.1, 0.15) is 0 Å². The quantitative estimate of drug-likeness (QED) is 0.910. The lowest BCUT2D eigenvalue weighted by Gasteiger charge is -2.32. The maximum absolute atomic E-state index is 10.8. The van der Waals surface area contributed by atoms with Crippen molar-refractivity contribution in [3.63, 3.8) is 0 Å². The number of rotatable bonds is 2. The van der Waals surface area contributed by atoms with Gasteiger partial charge in [-0.15, -0.1) is 0 Å². The van der Waals surface area contributed by atoms with Crippen molar-refractivity contribution in [2.75, 3.05) is 18.0 Å². The van der Waals surface area contributed by atoms with E-state index in [1.165, 1.54) is 12.8 Å². The number of nitrogens with zero attached hydrogens (tertiary/aromatic N) is 1. The summed E-state index contributed by atoms with van der Waals surface area (Å²) >= 11 is 3.46. The standard InChI is InChI=1S/C13H16BrNO2/c1-9-4-6-15(7-5-9)12-3-2-10(13(16)17)8-11(12)14/h2-3,8-9H,4-7H2,1H3,(H,16,17). The van der Waals surface area contributed by atoms with Gasteiger partial charge in [-0.2, -0.15) is 0 Å². The smallest absolute Gasteiger partial charge is 0.335 e. The topological polar surface area (TPSA) is 40.5 Å². The summed E-state index contributed by atoms with van der Waals surface area (Å²) in [5.74, 6) is -0.0900. The molecule has 1 aromatic rings.